The van der Waals surface area contributed by atoms with E-state index in [9.17, 15) is 14.4 Å². The van der Waals surface area contributed by atoms with Crippen molar-refractivity contribution in [1.82, 2.24) is 10.2 Å². The summed E-state index contributed by atoms with van der Waals surface area (Å²) in [5, 5.41) is 2.89. The van der Waals surface area contributed by atoms with E-state index in [4.69, 9.17) is 10.5 Å². The van der Waals surface area contributed by atoms with E-state index < -0.39 is 23.5 Å². The number of hydrogen-bond acceptors (Lipinski definition) is 5. The molecule has 0 bridgehead atoms. The molecule has 2 rings (SSSR count). The quantitative estimate of drug-likeness (QED) is 0.777. The lowest BCUT2D eigenvalue weighted by atomic mass is 9.86. The molecular weight excluding hydrogens is 334 g/mol. The second kappa shape index (κ2) is 7.86. The van der Waals surface area contributed by atoms with Crippen LogP contribution in [0, 0.1) is 5.41 Å². The molecule has 0 spiro atoms. The Labute approximate surface area is 153 Å². The van der Waals surface area contributed by atoms with Crippen LogP contribution in [0.2, 0.25) is 0 Å². The number of rotatable bonds is 4. The van der Waals surface area contributed by atoms with E-state index in [1.54, 1.807) is 24.3 Å². The maximum atomic E-state index is 12.8. The number of benzene rings is 1. The highest BCUT2D eigenvalue weighted by Crippen LogP contribution is 2.25. The van der Waals surface area contributed by atoms with Gasteiger partial charge in [-0.25, -0.2) is 4.79 Å². The molecule has 3 N–H and O–H groups in total. The van der Waals surface area contributed by atoms with Gasteiger partial charge < -0.3 is 20.7 Å². The average Bonchev–Trinajstić information content (AvgIpc) is 3.03. The van der Waals surface area contributed by atoms with Gasteiger partial charge in [0.1, 0.15) is 6.04 Å². The van der Waals surface area contributed by atoms with Gasteiger partial charge in [-0.15, -0.1) is 0 Å². The summed E-state index contributed by atoms with van der Waals surface area (Å²) in [5.41, 5.74) is 6.17. The Morgan fingerprint density at radius 2 is 1.85 bits per heavy atom. The van der Waals surface area contributed by atoms with E-state index in [0.29, 0.717) is 12.0 Å². The van der Waals surface area contributed by atoms with Crippen molar-refractivity contribution in [1.29, 1.82) is 0 Å². The first-order valence-corrected chi connectivity index (χ1v) is 8.65. The van der Waals surface area contributed by atoms with Crippen LogP contribution < -0.4 is 11.1 Å². The fourth-order valence-electron chi connectivity index (χ4n) is 2.95. The van der Waals surface area contributed by atoms with Crippen LogP contribution in [-0.2, 0) is 14.3 Å². The van der Waals surface area contributed by atoms with Crippen molar-refractivity contribution >= 4 is 17.8 Å². The number of likely N-dealkylation sites (tertiary alicyclic amines) is 1. The van der Waals surface area contributed by atoms with E-state index in [-0.39, 0.29) is 24.4 Å². The molecule has 7 heteroatoms. The molecule has 1 saturated heterocycles. The monoisotopic (exact) mass is 361 g/mol. The fraction of sp³-hybridized carbons (Fsp3) is 0.526. The third kappa shape index (κ3) is 4.40. The summed E-state index contributed by atoms with van der Waals surface area (Å²) in [4.78, 5) is 38.7. The van der Waals surface area contributed by atoms with Gasteiger partial charge in [0, 0.05) is 24.6 Å². The number of nitrogens with two attached hydrogens (primary N) is 1. The minimum absolute atomic E-state index is 0.223. The molecule has 26 heavy (non-hydrogen) atoms. The standard InChI is InChI=1S/C19H27N3O4/c1-19(2,3)15(20)17(24)22-11-13(10-14(22)18(25)26-4)21-16(23)12-8-6-5-7-9-12/h5-9,13-15H,10-11,20H2,1-4H3,(H,21,23)/t13-,14-,15+/m0/s1. The summed E-state index contributed by atoms with van der Waals surface area (Å²) in [6.45, 7) is 5.83. The van der Waals surface area contributed by atoms with Gasteiger partial charge >= 0.3 is 5.97 Å². The highest BCUT2D eigenvalue weighted by molar-refractivity contribution is 5.95. The Hall–Kier alpha value is -2.41. The predicted octanol–water partition coefficient (Wildman–Crippen LogP) is 0.932. The van der Waals surface area contributed by atoms with Gasteiger partial charge in [-0.1, -0.05) is 39.0 Å². The van der Waals surface area contributed by atoms with Crippen molar-refractivity contribution in [2.45, 2.75) is 45.3 Å². The van der Waals surface area contributed by atoms with Crippen LogP contribution >= 0.6 is 0 Å². The van der Waals surface area contributed by atoms with Crippen LogP contribution in [0.25, 0.3) is 0 Å². The van der Waals surface area contributed by atoms with E-state index >= 15 is 0 Å². The van der Waals surface area contributed by atoms with Crippen LogP contribution in [0.3, 0.4) is 0 Å². The van der Waals surface area contributed by atoms with Crippen molar-refractivity contribution < 1.29 is 19.1 Å². The van der Waals surface area contributed by atoms with Crippen LogP contribution in [0.5, 0.6) is 0 Å². The molecule has 1 aromatic rings. The van der Waals surface area contributed by atoms with Gasteiger partial charge in [0.05, 0.1) is 13.2 Å². The lowest BCUT2D eigenvalue weighted by molar-refractivity contribution is -0.152. The molecule has 7 nitrogen and oxygen atoms in total. The zero-order chi connectivity index (χ0) is 19.5. The minimum Gasteiger partial charge on any atom is -0.467 e. The Bertz CT molecular complexity index is 669. The zero-order valence-corrected chi connectivity index (χ0v) is 15.7. The van der Waals surface area contributed by atoms with Crippen LogP contribution in [0.15, 0.2) is 30.3 Å². The smallest absolute Gasteiger partial charge is 0.328 e. The summed E-state index contributed by atoms with van der Waals surface area (Å²) in [7, 11) is 1.28. The lowest BCUT2D eigenvalue weighted by Gasteiger charge is -2.32. The van der Waals surface area contributed by atoms with E-state index in [1.165, 1.54) is 12.0 Å². The molecule has 1 heterocycles. The molecule has 3 atom stereocenters. The number of amides is 2. The average molecular weight is 361 g/mol. The van der Waals surface area contributed by atoms with Crippen LogP contribution in [0.1, 0.15) is 37.6 Å². The normalized spacial score (nSPS) is 21.2. The zero-order valence-electron chi connectivity index (χ0n) is 15.7. The van der Waals surface area contributed by atoms with Crippen molar-refractivity contribution in [2.75, 3.05) is 13.7 Å². The highest BCUT2D eigenvalue weighted by Gasteiger charge is 2.44. The van der Waals surface area contributed by atoms with Crippen molar-refractivity contribution in [2.24, 2.45) is 11.1 Å². The molecule has 0 saturated carbocycles. The first-order valence-electron chi connectivity index (χ1n) is 8.65. The summed E-state index contributed by atoms with van der Waals surface area (Å²) >= 11 is 0. The second-order valence-corrected chi connectivity index (χ2v) is 7.65. The second-order valence-electron chi connectivity index (χ2n) is 7.65. The van der Waals surface area contributed by atoms with Crippen LogP contribution in [-0.4, -0.2) is 54.5 Å². The minimum atomic E-state index is -0.752. The Morgan fingerprint density at radius 1 is 1.23 bits per heavy atom. The first kappa shape index (κ1) is 19.9. The first-order chi connectivity index (χ1) is 12.1. The summed E-state index contributed by atoms with van der Waals surface area (Å²) < 4.78 is 4.83. The van der Waals surface area contributed by atoms with E-state index in [0.717, 1.165) is 0 Å². The predicted molar refractivity (Wildman–Crippen MR) is 97.3 cm³/mol. The van der Waals surface area contributed by atoms with Gasteiger partial charge in [-0.3, -0.25) is 9.59 Å². The Balaban J connectivity index is 2.14. The summed E-state index contributed by atoms with van der Waals surface area (Å²) in [6.07, 6.45) is 0.299. The van der Waals surface area contributed by atoms with Gasteiger partial charge in [-0.2, -0.15) is 0 Å². The van der Waals surface area contributed by atoms with Gasteiger partial charge in [-0.05, 0) is 17.5 Å². The maximum absolute atomic E-state index is 12.8. The molecule has 0 aromatic heterocycles. The number of nitrogens with one attached hydrogen (secondary N) is 1. The lowest BCUT2D eigenvalue weighted by Crippen LogP contribution is -2.53. The summed E-state index contributed by atoms with van der Waals surface area (Å²) in [5.74, 6) is -1.06. The van der Waals surface area contributed by atoms with Crippen molar-refractivity contribution in [3.63, 3.8) is 0 Å². The Kier molecular flexibility index (Phi) is 6.02. The fourth-order valence-corrected chi connectivity index (χ4v) is 2.95. The molecule has 2 amide bonds. The number of esters is 1. The molecular formula is C19H27N3O4. The summed E-state index contributed by atoms with van der Waals surface area (Å²) in [6, 6.07) is 6.95. The molecule has 0 unspecified atom stereocenters. The number of carbonyl (C=O) groups is 3. The number of carbonyl (C=O) groups excluding carboxylic acids is 3. The van der Waals surface area contributed by atoms with E-state index in [1.807, 2.05) is 26.8 Å². The van der Waals surface area contributed by atoms with Gasteiger partial charge in [0.15, 0.2) is 0 Å². The molecule has 142 valence electrons. The molecule has 1 aromatic carbocycles. The third-order valence-corrected chi connectivity index (χ3v) is 4.63. The SMILES string of the molecule is COC(=O)[C@@H]1C[C@H](NC(=O)c2ccccc2)CN1C(=O)[C@@H](N)C(C)(C)C. The number of ether oxygens (including phenoxy) is 1. The molecule has 0 aliphatic carbocycles. The van der Waals surface area contributed by atoms with Gasteiger partial charge in [0.2, 0.25) is 5.91 Å². The maximum Gasteiger partial charge on any atom is 0.328 e. The van der Waals surface area contributed by atoms with Crippen molar-refractivity contribution in [3.8, 4) is 0 Å². The topological polar surface area (TPSA) is 102 Å². The Morgan fingerprint density at radius 3 is 2.38 bits per heavy atom. The molecule has 1 aliphatic rings. The number of methoxy groups -OCH3 is 1. The highest BCUT2D eigenvalue weighted by atomic mass is 16.5. The van der Waals surface area contributed by atoms with Crippen LogP contribution in [0.4, 0.5) is 0 Å². The molecule has 0 radical (unpaired) electrons. The largest absolute Gasteiger partial charge is 0.467 e. The van der Waals surface area contributed by atoms with E-state index in [2.05, 4.69) is 5.32 Å². The number of hydrogen-bond donors (Lipinski definition) is 2. The number of nitrogens with zero attached hydrogens (tertiary/aromatic N) is 1. The van der Waals surface area contributed by atoms with Crippen molar-refractivity contribution in [3.05, 3.63) is 35.9 Å². The third-order valence-electron chi connectivity index (χ3n) is 4.63. The molecule has 1 aliphatic heterocycles. The molecule has 1 fully saturated rings. The van der Waals surface area contributed by atoms with Gasteiger partial charge in [0.25, 0.3) is 5.91 Å².